The minimum Gasteiger partial charge on any atom is -0.392 e. The van der Waals surface area contributed by atoms with E-state index in [1.165, 1.54) is 0 Å². The first-order chi connectivity index (χ1) is 11.5. The van der Waals surface area contributed by atoms with Gasteiger partial charge in [-0.2, -0.15) is 14.4 Å². The highest BCUT2D eigenvalue weighted by Crippen LogP contribution is 2.37. The van der Waals surface area contributed by atoms with Crippen molar-refractivity contribution in [3.63, 3.8) is 0 Å². The van der Waals surface area contributed by atoms with Crippen LogP contribution < -0.4 is 5.73 Å². The van der Waals surface area contributed by atoms with Gasteiger partial charge >= 0.3 is 6.08 Å². The number of hydrogen-bond acceptors (Lipinski definition) is 7. The average molecular weight is 297 g/mol. The molecule has 1 aliphatic rings. The summed E-state index contributed by atoms with van der Waals surface area (Å²) in [6, 6.07) is 0. The Bertz CT molecular complexity index is 895. The summed E-state index contributed by atoms with van der Waals surface area (Å²) in [5.41, 5.74) is 2.51. The van der Waals surface area contributed by atoms with Gasteiger partial charge in [0.2, 0.25) is 0 Å². The third-order valence-electron chi connectivity index (χ3n) is 3.04. The number of nitrogen functional groups attached to an aromatic ring is 1. The second kappa shape index (κ2) is 4.63. The fourth-order valence-corrected chi connectivity index (χ4v) is 1.98. The predicted octanol–water partition coefficient (Wildman–Crippen LogP) is -0.808. The third kappa shape index (κ3) is 1.92. The highest BCUT2D eigenvalue weighted by Gasteiger charge is 2.47. The van der Waals surface area contributed by atoms with Gasteiger partial charge in [-0.25, -0.2) is 4.98 Å². The lowest BCUT2D eigenvalue weighted by Gasteiger charge is -2.23. The molecule has 0 aliphatic carbocycles. The lowest BCUT2D eigenvalue weighted by Crippen LogP contribution is -2.41. The summed E-state index contributed by atoms with van der Waals surface area (Å²) in [6.07, 6.45) is -1.71. The highest BCUT2D eigenvalue weighted by atomic mass is 19.1. The number of aromatic nitrogens is 4. The van der Waals surface area contributed by atoms with Crippen LogP contribution in [0.1, 0.15) is 18.1 Å². The second-order valence-electron chi connectivity index (χ2n) is 4.23. The molecule has 4 N–H and O–H groups in total. The Labute approximate surface area is 124 Å². The molecule has 0 saturated carbocycles. The van der Waals surface area contributed by atoms with Gasteiger partial charge in [-0.15, -0.1) is 6.42 Å². The normalized spacial score (nSPS) is 34.8. The molecular weight excluding hydrogens is 281 g/mol. The number of rotatable bonds is 2. The maximum Gasteiger partial charge on any atom is 0.312 e. The zero-order valence-corrected chi connectivity index (χ0v) is 10.4. The van der Waals surface area contributed by atoms with E-state index in [-0.39, 0.29) is 17.0 Å². The minimum absolute atomic E-state index is 0.0551. The van der Waals surface area contributed by atoms with Crippen LogP contribution in [0.5, 0.6) is 0 Å². The van der Waals surface area contributed by atoms with Crippen LogP contribution in [-0.2, 0) is 4.74 Å². The van der Waals surface area contributed by atoms with Crippen molar-refractivity contribution in [1.82, 2.24) is 19.5 Å². The van der Waals surface area contributed by atoms with E-state index in [0.29, 0.717) is 0 Å². The maximum absolute atomic E-state index is 13.5. The molecule has 3 rings (SSSR count). The number of ether oxygens (including phenoxy) is 1. The topological polar surface area (TPSA) is 119 Å². The molecule has 8 nitrogen and oxygen atoms in total. The fourth-order valence-electron chi connectivity index (χ4n) is 1.98. The van der Waals surface area contributed by atoms with Gasteiger partial charge in [0.25, 0.3) is 0 Å². The summed E-state index contributed by atoms with van der Waals surface area (Å²) >= 11 is 0. The summed E-state index contributed by atoms with van der Waals surface area (Å²) in [5, 5.41) is 19.9. The summed E-state index contributed by atoms with van der Waals surface area (Å²) in [7, 11) is 0. The Kier molecular flexibility index (Phi) is 2.12. The standard InChI is InChI=1S/C12H12FN5O3/c1-2-12(4-19)6(20)3-7(21-12)18-5-15-8-9(14)16-11(13)17-10(8)18/h1,5-7,19-20H,3-4H2,(H2,14,16,17)/t6-,7+,12+/m0/s1/i3D2,4D2. The van der Waals surface area contributed by atoms with Crippen LogP contribution in [0.15, 0.2) is 6.33 Å². The average Bonchev–Trinajstić information content (AvgIpc) is 2.98. The molecule has 0 amide bonds. The van der Waals surface area contributed by atoms with Gasteiger partial charge < -0.3 is 20.7 Å². The number of fused-ring (bicyclic) bond motifs is 1. The van der Waals surface area contributed by atoms with Gasteiger partial charge in [0.1, 0.15) is 12.3 Å². The van der Waals surface area contributed by atoms with Gasteiger partial charge in [0, 0.05) is 9.11 Å². The monoisotopic (exact) mass is 297 g/mol. The number of nitrogens with zero attached hydrogens (tertiary/aromatic N) is 4. The first kappa shape index (κ1) is 9.62. The first-order valence-corrected chi connectivity index (χ1v) is 5.67. The van der Waals surface area contributed by atoms with Crippen molar-refractivity contribution in [1.29, 1.82) is 0 Å². The van der Waals surface area contributed by atoms with E-state index in [1.807, 2.05) is 0 Å². The number of nitrogens with two attached hydrogens (primary N) is 1. The smallest absolute Gasteiger partial charge is 0.312 e. The quantitative estimate of drug-likeness (QED) is 0.490. The number of terminal acetylenes is 1. The van der Waals surface area contributed by atoms with E-state index in [0.717, 1.165) is 10.9 Å². The SMILES string of the molecule is [2H]C1([2H])[C@H](n2cnc3c(N)nc(F)nc32)O[C@](C#C)(C([2H])([2H])O)[C@H]1O. The Morgan fingerprint density at radius 3 is 3.14 bits per heavy atom. The van der Waals surface area contributed by atoms with E-state index in [9.17, 15) is 14.6 Å². The molecule has 21 heavy (non-hydrogen) atoms. The Balaban J connectivity index is 2.21. The molecule has 1 fully saturated rings. The second-order valence-corrected chi connectivity index (χ2v) is 4.23. The molecule has 2 aromatic heterocycles. The van der Waals surface area contributed by atoms with Crippen LogP contribution in [0.3, 0.4) is 0 Å². The minimum atomic E-state index is -3.28. The van der Waals surface area contributed by atoms with E-state index >= 15 is 0 Å². The van der Waals surface area contributed by atoms with Crippen LogP contribution in [0.2, 0.25) is 0 Å². The van der Waals surface area contributed by atoms with Gasteiger partial charge in [-0.3, -0.25) is 4.57 Å². The summed E-state index contributed by atoms with van der Waals surface area (Å²) < 4.78 is 50.5. The van der Waals surface area contributed by atoms with Crippen molar-refractivity contribution in [2.45, 2.75) is 24.3 Å². The highest BCUT2D eigenvalue weighted by molar-refractivity contribution is 5.81. The molecule has 1 aliphatic heterocycles. The molecule has 0 aromatic carbocycles. The molecule has 0 radical (unpaired) electrons. The molecule has 1 saturated heterocycles. The summed E-state index contributed by atoms with van der Waals surface area (Å²) in [5.74, 6) is 1.48. The van der Waals surface area contributed by atoms with Gasteiger partial charge in [0.05, 0.1) is 15.6 Å². The molecule has 3 heterocycles. The number of halogens is 1. The van der Waals surface area contributed by atoms with Crippen molar-refractivity contribution in [2.24, 2.45) is 0 Å². The van der Waals surface area contributed by atoms with E-state index in [1.54, 1.807) is 5.92 Å². The zero-order chi connectivity index (χ0) is 18.8. The summed E-state index contributed by atoms with van der Waals surface area (Å²) in [6.45, 7) is -3.28. The largest absolute Gasteiger partial charge is 0.392 e. The van der Waals surface area contributed by atoms with Gasteiger partial charge in [-0.05, 0) is 0 Å². The Morgan fingerprint density at radius 1 is 1.76 bits per heavy atom. The number of aliphatic hydroxyl groups is 2. The molecule has 9 heteroatoms. The fraction of sp³-hybridized carbons (Fsp3) is 0.417. The molecule has 2 aromatic rings. The molecule has 110 valence electrons. The third-order valence-corrected chi connectivity index (χ3v) is 3.04. The van der Waals surface area contributed by atoms with Crippen molar-refractivity contribution in [3.8, 4) is 12.3 Å². The maximum atomic E-state index is 13.5. The van der Waals surface area contributed by atoms with E-state index < -0.39 is 36.9 Å². The van der Waals surface area contributed by atoms with Gasteiger partial charge in [-0.1, -0.05) is 5.92 Å². The van der Waals surface area contributed by atoms with Crippen molar-refractivity contribution in [3.05, 3.63) is 12.4 Å². The Hall–Kier alpha value is -2.28. The van der Waals surface area contributed by atoms with Crippen LogP contribution in [0.25, 0.3) is 11.2 Å². The molecule has 0 spiro atoms. The van der Waals surface area contributed by atoms with Crippen LogP contribution in [0, 0.1) is 18.4 Å². The lowest BCUT2D eigenvalue weighted by molar-refractivity contribution is -0.0891. The van der Waals surface area contributed by atoms with Crippen molar-refractivity contribution >= 4 is 17.0 Å². The summed E-state index contributed by atoms with van der Waals surface area (Å²) in [4.78, 5) is 10.6. The van der Waals surface area contributed by atoms with Crippen molar-refractivity contribution < 1.29 is 24.8 Å². The number of aliphatic hydroxyl groups excluding tert-OH is 1. The van der Waals surface area contributed by atoms with E-state index in [4.69, 9.17) is 22.4 Å². The first-order valence-electron chi connectivity index (χ1n) is 7.67. The van der Waals surface area contributed by atoms with Crippen LogP contribution in [-0.4, -0.2) is 48.0 Å². The molecular formula is C12H12FN5O3. The van der Waals surface area contributed by atoms with Gasteiger partial charge in [0.15, 0.2) is 22.6 Å². The molecule has 0 unspecified atom stereocenters. The van der Waals surface area contributed by atoms with Crippen LogP contribution >= 0.6 is 0 Å². The molecule has 3 atom stereocenters. The number of hydrogen-bond donors (Lipinski definition) is 3. The van der Waals surface area contributed by atoms with E-state index in [2.05, 4.69) is 15.0 Å². The number of anilines is 1. The Morgan fingerprint density at radius 2 is 2.52 bits per heavy atom. The molecule has 0 bridgehead atoms. The number of imidazole rings is 1. The zero-order valence-electron chi connectivity index (χ0n) is 14.4. The van der Waals surface area contributed by atoms with Crippen molar-refractivity contribution in [2.75, 3.05) is 12.3 Å². The van der Waals surface area contributed by atoms with Crippen LogP contribution in [0.4, 0.5) is 10.2 Å². The lowest BCUT2D eigenvalue weighted by atomic mass is 9.99. The predicted molar refractivity (Wildman–Crippen MR) is 69.1 cm³/mol.